The van der Waals surface area contributed by atoms with E-state index in [1.165, 1.54) is 11.3 Å². The maximum absolute atomic E-state index is 10.7. The normalized spacial score (nSPS) is 17.4. The predicted octanol–water partition coefficient (Wildman–Crippen LogP) is 1.40. The third kappa shape index (κ3) is 1.73. The Morgan fingerprint density at radius 1 is 1.46 bits per heavy atom. The highest BCUT2D eigenvalue weighted by atomic mass is 32.1. The molecule has 2 rings (SSSR count). The molecule has 0 aliphatic carbocycles. The summed E-state index contributed by atoms with van der Waals surface area (Å²) in [7, 11) is 0. The van der Waals surface area contributed by atoms with Crippen LogP contribution < -0.4 is 4.90 Å². The summed E-state index contributed by atoms with van der Waals surface area (Å²) in [6, 6.07) is 2.00. The van der Waals surface area contributed by atoms with Crippen molar-refractivity contribution in [3.63, 3.8) is 0 Å². The molecule has 3 nitrogen and oxygen atoms in total. The Kier molecular flexibility index (Phi) is 2.61. The zero-order valence-corrected chi connectivity index (χ0v) is 8.05. The number of rotatable bonds is 2. The molecule has 0 spiro atoms. The molecule has 1 saturated heterocycles. The van der Waals surface area contributed by atoms with Crippen molar-refractivity contribution in [1.82, 2.24) is 0 Å². The van der Waals surface area contributed by atoms with E-state index in [0.29, 0.717) is 0 Å². The van der Waals surface area contributed by atoms with Crippen molar-refractivity contribution < 1.29 is 9.53 Å². The van der Waals surface area contributed by atoms with Crippen molar-refractivity contribution in [2.24, 2.45) is 0 Å². The summed E-state index contributed by atoms with van der Waals surface area (Å²) in [6.45, 7) is 3.29. The first-order valence-electron chi connectivity index (χ1n) is 4.27. The number of carbonyl (C=O) groups is 1. The van der Waals surface area contributed by atoms with Crippen LogP contribution in [0.15, 0.2) is 11.4 Å². The van der Waals surface area contributed by atoms with E-state index in [9.17, 15) is 4.79 Å². The fraction of sp³-hybridized carbons (Fsp3) is 0.444. The van der Waals surface area contributed by atoms with Gasteiger partial charge in [0.2, 0.25) is 0 Å². The van der Waals surface area contributed by atoms with Gasteiger partial charge in [-0.2, -0.15) is 0 Å². The van der Waals surface area contributed by atoms with Gasteiger partial charge in [-0.25, -0.2) is 0 Å². The second kappa shape index (κ2) is 3.89. The van der Waals surface area contributed by atoms with Gasteiger partial charge in [0.25, 0.3) is 0 Å². The molecule has 0 unspecified atom stereocenters. The summed E-state index contributed by atoms with van der Waals surface area (Å²) in [5.41, 5.74) is 1.06. The van der Waals surface area contributed by atoms with Crippen LogP contribution in [0, 0.1) is 0 Å². The maximum atomic E-state index is 10.7. The largest absolute Gasteiger partial charge is 0.378 e. The van der Waals surface area contributed by atoms with Gasteiger partial charge in [-0.05, 0) is 11.4 Å². The molecule has 0 radical (unpaired) electrons. The molecule has 1 aromatic heterocycles. The predicted molar refractivity (Wildman–Crippen MR) is 52.7 cm³/mol. The molecule has 13 heavy (non-hydrogen) atoms. The smallest absolute Gasteiger partial charge is 0.162 e. The summed E-state index contributed by atoms with van der Waals surface area (Å²) >= 11 is 1.49. The van der Waals surface area contributed by atoms with E-state index >= 15 is 0 Å². The lowest BCUT2D eigenvalue weighted by Gasteiger charge is -2.28. The van der Waals surface area contributed by atoms with Crippen LogP contribution in [-0.2, 0) is 4.74 Å². The molecule has 0 aromatic carbocycles. The van der Waals surface area contributed by atoms with Gasteiger partial charge in [-0.3, -0.25) is 4.79 Å². The zero-order chi connectivity index (χ0) is 9.10. The van der Waals surface area contributed by atoms with Crippen molar-refractivity contribution >= 4 is 23.3 Å². The molecule has 70 valence electrons. The second-order valence-electron chi connectivity index (χ2n) is 2.89. The zero-order valence-electron chi connectivity index (χ0n) is 7.23. The van der Waals surface area contributed by atoms with E-state index in [2.05, 4.69) is 4.90 Å². The molecule has 1 aromatic rings. The Bertz CT molecular complexity index is 292. The Morgan fingerprint density at radius 3 is 2.92 bits per heavy atom. The number of hydrogen-bond acceptors (Lipinski definition) is 4. The number of aldehydes is 1. The van der Waals surface area contributed by atoms with Crippen LogP contribution in [-0.4, -0.2) is 32.6 Å². The molecule has 0 atom stereocenters. The first kappa shape index (κ1) is 8.72. The van der Waals surface area contributed by atoms with Crippen LogP contribution in [0.2, 0.25) is 0 Å². The third-order valence-corrected chi connectivity index (χ3v) is 2.96. The van der Waals surface area contributed by atoms with Gasteiger partial charge in [0, 0.05) is 13.1 Å². The fourth-order valence-corrected chi connectivity index (χ4v) is 2.18. The van der Waals surface area contributed by atoms with Crippen LogP contribution in [0.5, 0.6) is 0 Å². The van der Waals surface area contributed by atoms with Gasteiger partial charge in [-0.1, -0.05) is 0 Å². The highest BCUT2D eigenvalue weighted by molar-refractivity contribution is 7.12. The van der Waals surface area contributed by atoms with Crippen LogP contribution in [0.1, 0.15) is 9.67 Å². The van der Waals surface area contributed by atoms with Crippen LogP contribution in [0.3, 0.4) is 0 Å². The van der Waals surface area contributed by atoms with Gasteiger partial charge in [0.05, 0.1) is 23.8 Å². The Labute approximate surface area is 80.9 Å². The lowest BCUT2D eigenvalue weighted by Crippen LogP contribution is -2.36. The monoisotopic (exact) mass is 197 g/mol. The number of anilines is 1. The summed E-state index contributed by atoms with van der Waals surface area (Å²) in [4.78, 5) is 13.7. The minimum absolute atomic E-state index is 0.758. The van der Waals surface area contributed by atoms with Crippen molar-refractivity contribution in [3.05, 3.63) is 16.3 Å². The average Bonchev–Trinajstić information content (AvgIpc) is 2.67. The van der Waals surface area contributed by atoms with Crippen LogP contribution in [0.25, 0.3) is 0 Å². The topological polar surface area (TPSA) is 29.5 Å². The number of carbonyl (C=O) groups excluding carboxylic acids is 1. The van der Waals surface area contributed by atoms with E-state index in [4.69, 9.17) is 4.74 Å². The van der Waals surface area contributed by atoms with Gasteiger partial charge in [-0.15, -0.1) is 11.3 Å². The van der Waals surface area contributed by atoms with Crippen molar-refractivity contribution in [3.8, 4) is 0 Å². The molecule has 1 aliphatic heterocycles. The average molecular weight is 197 g/mol. The maximum Gasteiger partial charge on any atom is 0.162 e. The molecule has 0 saturated carbocycles. The number of morpholine rings is 1. The lowest BCUT2D eigenvalue weighted by molar-refractivity contribution is 0.112. The SMILES string of the molecule is O=Cc1sccc1N1CCOCC1. The van der Waals surface area contributed by atoms with E-state index in [0.717, 1.165) is 43.2 Å². The number of thiophene rings is 1. The first-order chi connectivity index (χ1) is 6.42. The van der Waals surface area contributed by atoms with Crippen molar-refractivity contribution in [2.45, 2.75) is 0 Å². The van der Waals surface area contributed by atoms with E-state index in [1.807, 2.05) is 11.4 Å². The molecular weight excluding hydrogens is 186 g/mol. The quantitative estimate of drug-likeness (QED) is 0.671. The summed E-state index contributed by atoms with van der Waals surface area (Å²) in [5.74, 6) is 0. The van der Waals surface area contributed by atoms with Gasteiger partial charge >= 0.3 is 0 Å². The molecule has 0 bridgehead atoms. The van der Waals surface area contributed by atoms with Crippen molar-refractivity contribution in [2.75, 3.05) is 31.2 Å². The molecule has 1 aliphatic rings. The highest BCUT2D eigenvalue weighted by Crippen LogP contribution is 2.24. The highest BCUT2D eigenvalue weighted by Gasteiger charge is 2.14. The Hall–Kier alpha value is -0.870. The number of nitrogens with zero attached hydrogens (tertiary/aromatic N) is 1. The van der Waals surface area contributed by atoms with Gasteiger partial charge in [0.1, 0.15) is 0 Å². The molecular formula is C9H11NO2S. The minimum atomic E-state index is 0.758. The number of hydrogen-bond donors (Lipinski definition) is 0. The summed E-state index contributed by atoms with van der Waals surface area (Å²) < 4.78 is 5.24. The molecule has 2 heterocycles. The fourth-order valence-electron chi connectivity index (χ4n) is 1.47. The molecule has 1 fully saturated rings. The van der Waals surface area contributed by atoms with Crippen LogP contribution in [0.4, 0.5) is 5.69 Å². The third-order valence-electron chi connectivity index (χ3n) is 2.13. The summed E-state index contributed by atoms with van der Waals surface area (Å²) in [5, 5.41) is 1.95. The molecule has 0 N–H and O–H groups in total. The molecule has 0 amide bonds. The minimum Gasteiger partial charge on any atom is -0.378 e. The van der Waals surface area contributed by atoms with Gasteiger partial charge < -0.3 is 9.64 Å². The van der Waals surface area contributed by atoms with E-state index < -0.39 is 0 Å². The van der Waals surface area contributed by atoms with Crippen molar-refractivity contribution in [1.29, 1.82) is 0 Å². The standard InChI is InChI=1S/C9H11NO2S/c11-7-9-8(1-6-13-9)10-2-4-12-5-3-10/h1,6-7H,2-5H2. The van der Waals surface area contributed by atoms with Crippen LogP contribution >= 0.6 is 11.3 Å². The Balaban J connectivity index is 2.17. The lowest BCUT2D eigenvalue weighted by atomic mass is 10.3. The summed E-state index contributed by atoms with van der Waals surface area (Å²) in [6.07, 6.45) is 0.926. The van der Waals surface area contributed by atoms with E-state index in [1.54, 1.807) is 0 Å². The van der Waals surface area contributed by atoms with E-state index in [-0.39, 0.29) is 0 Å². The Morgan fingerprint density at radius 2 is 2.23 bits per heavy atom. The first-order valence-corrected chi connectivity index (χ1v) is 5.15. The molecule has 4 heteroatoms. The second-order valence-corrected chi connectivity index (χ2v) is 3.84. The number of ether oxygens (including phenoxy) is 1. The van der Waals surface area contributed by atoms with Gasteiger partial charge in [0.15, 0.2) is 6.29 Å².